The van der Waals surface area contributed by atoms with Crippen molar-refractivity contribution in [1.29, 1.82) is 0 Å². The SMILES string of the molecule is CC(C)C(NC(=O)C1CCCN1)C(=O)NC(CCC(=O)O)C(=O)NC(CCCCN)C(=O)O. The third-order valence-electron chi connectivity index (χ3n) is 5.47. The molecule has 0 aromatic rings. The lowest BCUT2D eigenvalue weighted by molar-refractivity contribution is -0.143. The van der Waals surface area contributed by atoms with Gasteiger partial charge in [-0.25, -0.2) is 4.79 Å². The Bertz CT molecular complexity index is 694. The van der Waals surface area contributed by atoms with Crippen molar-refractivity contribution in [3.05, 3.63) is 0 Å². The first-order valence-corrected chi connectivity index (χ1v) is 11.4. The standard InChI is InChI=1S/C21H37N5O7/c1-12(2)17(26-18(29)13-7-5-11-23-13)20(31)24-14(8-9-16(27)28)19(30)25-15(21(32)33)6-3-4-10-22/h12-15,17,23H,3-11,22H2,1-2H3,(H,24,31)(H,25,30)(H,26,29)(H,27,28)(H,32,33). The van der Waals surface area contributed by atoms with Crippen LogP contribution in [0.25, 0.3) is 0 Å². The summed E-state index contributed by atoms with van der Waals surface area (Å²) in [4.78, 5) is 60.7. The molecule has 12 heteroatoms. The van der Waals surface area contributed by atoms with E-state index in [1.165, 1.54) is 0 Å². The Kier molecular flexibility index (Phi) is 12.4. The van der Waals surface area contributed by atoms with E-state index in [1.54, 1.807) is 13.8 Å². The van der Waals surface area contributed by atoms with Crippen molar-refractivity contribution in [2.45, 2.75) is 83.0 Å². The highest BCUT2D eigenvalue weighted by Crippen LogP contribution is 2.10. The van der Waals surface area contributed by atoms with Crippen LogP contribution in [0.5, 0.6) is 0 Å². The van der Waals surface area contributed by atoms with Crippen molar-refractivity contribution in [2.75, 3.05) is 13.1 Å². The molecule has 1 rings (SSSR count). The van der Waals surface area contributed by atoms with Crippen molar-refractivity contribution < 1.29 is 34.2 Å². The maximum atomic E-state index is 12.9. The molecule has 0 aromatic heterocycles. The molecule has 0 radical (unpaired) electrons. The number of aliphatic carboxylic acids is 2. The molecule has 0 spiro atoms. The number of carbonyl (C=O) groups excluding carboxylic acids is 3. The summed E-state index contributed by atoms with van der Waals surface area (Å²) in [6, 6.07) is -3.80. The van der Waals surface area contributed by atoms with Gasteiger partial charge in [0.1, 0.15) is 18.1 Å². The largest absolute Gasteiger partial charge is 0.481 e. The van der Waals surface area contributed by atoms with Crippen LogP contribution < -0.4 is 27.0 Å². The van der Waals surface area contributed by atoms with E-state index in [0.29, 0.717) is 32.4 Å². The molecule has 1 heterocycles. The molecule has 0 saturated carbocycles. The summed E-state index contributed by atoms with van der Waals surface area (Å²) >= 11 is 0. The van der Waals surface area contributed by atoms with E-state index in [-0.39, 0.29) is 24.7 Å². The van der Waals surface area contributed by atoms with Crippen molar-refractivity contribution in [3.63, 3.8) is 0 Å². The molecule has 4 unspecified atom stereocenters. The molecule has 0 bridgehead atoms. The van der Waals surface area contributed by atoms with Gasteiger partial charge < -0.3 is 37.2 Å². The van der Waals surface area contributed by atoms with Crippen LogP contribution in [-0.2, 0) is 24.0 Å². The fourth-order valence-electron chi connectivity index (χ4n) is 3.52. The van der Waals surface area contributed by atoms with Gasteiger partial charge in [-0.15, -0.1) is 0 Å². The quantitative estimate of drug-likeness (QED) is 0.145. The topological polar surface area (TPSA) is 200 Å². The van der Waals surface area contributed by atoms with Crippen LogP contribution in [0.3, 0.4) is 0 Å². The van der Waals surface area contributed by atoms with Crippen LogP contribution in [0.4, 0.5) is 0 Å². The zero-order chi connectivity index (χ0) is 25.0. The molecule has 12 nitrogen and oxygen atoms in total. The first kappa shape index (κ1) is 28.3. The van der Waals surface area contributed by atoms with Gasteiger partial charge >= 0.3 is 11.9 Å². The monoisotopic (exact) mass is 471 g/mol. The molecule has 188 valence electrons. The predicted octanol–water partition coefficient (Wildman–Crippen LogP) is -1.07. The van der Waals surface area contributed by atoms with Gasteiger partial charge in [-0.2, -0.15) is 0 Å². The molecule has 8 N–H and O–H groups in total. The third kappa shape index (κ3) is 10.2. The number of carboxylic acids is 2. The number of amides is 3. The van der Waals surface area contributed by atoms with Crippen LogP contribution in [0.1, 0.15) is 58.8 Å². The average molecular weight is 472 g/mol. The number of carboxylic acid groups (broad SMARTS) is 2. The minimum absolute atomic E-state index is 0.150. The molecule has 0 aromatic carbocycles. The predicted molar refractivity (Wildman–Crippen MR) is 119 cm³/mol. The van der Waals surface area contributed by atoms with Crippen molar-refractivity contribution in [3.8, 4) is 0 Å². The van der Waals surface area contributed by atoms with Gasteiger partial charge in [-0.3, -0.25) is 19.2 Å². The second-order valence-electron chi connectivity index (χ2n) is 8.56. The summed E-state index contributed by atoms with van der Waals surface area (Å²) in [5, 5.41) is 29.0. The molecule has 4 atom stereocenters. The van der Waals surface area contributed by atoms with E-state index in [1.807, 2.05) is 0 Å². The molecule has 1 aliphatic heterocycles. The van der Waals surface area contributed by atoms with Crippen LogP contribution in [-0.4, -0.2) is 77.1 Å². The normalized spacial score (nSPS) is 18.2. The van der Waals surface area contributed by atoms with E-state index < -0.39 is 54.3 Å². The number of nitrogens with one attached hydrogen (secondary N) is 4. The lowest BCUT2D eigenvalue weighted by atomic mass is 10.0. The number of hydrogen-bond acceptors (Lipinski definition) is 7. The van der Waals surface area contributed by atoms with Crippen molar-refractivity contribution >= 4 is 29.7 Å². The second-order valence-corrected chi connectivity index (χ2v) is 8.56. The van der Waals surface area contributed by atoms with Crippen LogP contribution >= 0.6 is 0 Å². The third-order valence-corrected chi connectivity index (χ3v) is 5.47. The minimum atomic E-state index is -1.27. The first-order valence-electron chi connectivity index (χ1n) is 11.4. The Morgan fingerprint density at radius 2 is 1.64 bits per heavy atom. The molecular formula is C21H37N5O7. The van der Waals surface area contributed by atoms with E-state index >= 15 is 0 Å². The van der Waals surface area contributed by atoms with E-state index in [2.05, 4.69) is 21.3 Å². The minimum Gasteiger partial charge on any atom is -0.481 e. The summed E-state index contributed by atoms with van der Waals surface area (Å²) in [7, 11) is 0. The molecule has 3 amide bonds. The Morgan fingerprint density at radius 1 is 0.970 bits per heavy atom. The summed E-state index contributed by atoms with van der Waals surface area (Å²) in [6.45, 7) is 4.56. The number of nitrogens with two attached hydrogens (primary N) is 1. The van der Waals surface area contributed by atoms with Gasteiger partial charge in [0.15, 0.2) is 0 Å². The maximum Gasteiger partial charge on any atom is 0.326 e. The van der Waals surface area contributed by atoms with Gasteiger partial charge in [0.25, 0.3) is 0 Å². The van der Waals surface area contributed by atoms with Crippen LogP contribution in [0, 0.1) is 5.92 Å². The summed E-state index contributed by atoms with van der Waals surface area (Å²) in [5.41, 5.74) is 5.42. The average Bonchev–Trinajstić information content (AvgIpc) is 3.28. The fourth-order valence-corrected chi connectivity index (χ4v) is 3.52. The van der Waals surface area contributed by atoms with Gasteiger partial charge in [0, 0.05) is 6.42 Å². The number of hydrogen-bond donors (Lipinski definition) is 7. The summed E-state index contributed by atoms with van der Waals surface area (Å²) in [5.74, 6) is -4.46. The second kappa shape index (κ2) is 14.4. The molecule has 1 aliphatic rings. The number of carbonyl (C=O) groups is 5. The highest BCUT2D eigenvalue weighted by Gasteiger charge is 2.32. The van der Waals surface area contributed by atoms with E-state index in [4.69, 9.17) is 10.8 Å². The van der Waals surface area contributed by atoms with E-state index in [9.17, 15) is 29.1 Å². The molecule has 1 fully saturated rings. The van der Waals surface area contributed by atoms with Gasteiger partial charge in [0.2, 0.25) is 17.7 Å². The van der Waals surface area contributed by atoms with E-state index in [0.717, 1.165) is 6.42 Å². The van der Waals surface area contributed by atoms with Crippen molar-refractivity contribution in [1.82, 2.24) is 21.3 Å². The number of unbranched alkanes of at least 4 members (excludes halogenated alkanes) is 1. The van der Waals surface area contributed by atoms with Gasteiger partial charge in [-0.05, 0) is 57.5 Å². The molecular weight excluding hydrogens is 434 g/mol. The van der Waals surface area contributed by atoms with Crippen molar-refractivity contribution in [2.24, 2.45) is 11.7 Å². The highest BCUT2D eigenvalue weighted by molar-refractivity contribution is 5.94. The summed E-state index contributed by atoms with van der Waals surface area (Å²) < 4.78 is 0. The zero-order valence-corrected chi connectivity index (χ0v) is 19.3. The molecule has 33 heavy (non-hydrogen) atoms. The Balaban J connectivity index is 2.88. The molecule has 1 saturated heterocycles. The lowest BCUT2D eigenvalue weighted by Gasteiger charge is -2.27. The Morgan fingerprint density at radius 3 is 2.15 bits per heavy atom. The zero-order valence-electron chi connectivity index (χ0n) is 19.3. The Hall–Kier alpha value is -2.73. The highest BCUT2D eigenvalue weighted by atomic mass is 16.4. The lowest BCUT2D eigenvalue weighted by Crippen LogP contribution is -2.58. The van der Waals surface area contributed by atoms with Crippen LogP contribution in [0.2, 0.25) is 0 Å². The first-order chi connectivity index (χ1) is 15.6. The number of rotatable bonds is 15. The maximum absolute atomic E-state index is 12.9. The Labute approximate surface area is 193 Å². The smallest absolute Gasteiger partial charge is 0.326 e. The molecule has 0 aliphatic carbocycles. The van der Waals surface area contributed by atoms with Crippen LogP contribution in [0.15, 0.2) is 0 Å². The summed E-state index contributed by atoms with van der Waals surface area (Å²) in [6.07, 6.45) is 2.09. The fraction of sp³-hybridized carbons (Fsp3) is 0.762. The van der Waals surface area contributed by atoms with Gasteiger partial charge in [0.05, 0.1) is 6.04 Å². The van der Waals surface area contributed by atoms with Gasteiger partial charge in [-0.1, -0.05) is 13.8 Å².